The Hall–Kier alpha value is -1.07. The van der Waals surface area contributed by atoms with Crippen LogP contribution in [0.5, 0.6) is 0 Å². The molecule has 0 atom stereocenters. The second-order valence-corrected chi connectivity index (χ2v) is 6.10. The molecule has 102 valence electrons. The molecule has 0 amide bonds. The van der Waals surface area contributed by atoms with E-state index in [9.17, 15) is 8.42 Å². The minimum absolute atomic E-state index is 0.0297. The van der Waals surface area contributed by atoms with Crippen molar-refractivity contribution in [3.05, 3.63) is 29.8 Å². The lowest BCUT2D eigenvalue weighted by molar-refractivity contribution is 0.287. The van der Waals surface area contributed by atoms with Crippen molar-refractivity contribution in [3.63, 3.8) is 0 Å². The van der Waals surface area contributed by atoms with E-state index < -0.39 is 10.0 Å². The first-order valence-corrected chi connectivity index (χ1v) is 7.93. The van der Waals surface area contributed by atoms with E-state index in [-0.39, 0.29) is 12.4 Å². The number of hydrogen-bond donors (Lipinski definition) is 2. The zero-order valence-corrected chi connectivity index (χ0v) is 11.5. The third-order valence-electron chi connectivity index (χ3n) is 2.62. The fraction of sp³-hybridized carbons (Fsp3) is 0.538. The fourth-order valence-corrected chi connectivity index (χ4v) is 2.95. The number of anilines is 1. The van der Waals surface area contributed by atoms with Crippen molar-refractivity contribution in [1.29, 1.82) is 0 Å². The number of hydrogen-bond acceptors (Lipinski definition) is 3. The van der Waals surface area contributed by atoms with Gasteiger partial charge in [0.25, 0.3) is 0 Å². The molecule has 0 saturated heterocycles. The number of nitrogens with one attached hydrogen (secondary N) is 1. The van der Waals surface area contributed by atoms with Crippen LogP contribution in [-0.2, 0) is 16.4 Å². The van der Waals surface area contributed by atoms with Crippen molar-refractivity contribution < 1.29 is 13.5 Å². The second kappa shape index (κ2) is 7.38. The molecule has 0 fully saturated rings. The third-order valence-corrected chi connectivity index (χ3v) is 3.98. The molecule has 0 radical (unpaired) electrons. The lowest BCUT2D eigenvalue weighted by Gasteiger charge is -2.11. The molecule has 0 spiro atoms. The molecule has 4 nitrogen and oxygen atoms in total. The standard InChI is InChI=1S/C13H21NO3S/c1-2-7-12-8-3-4-9-13(12)14-18(16,17)11-6-5-10-15/h3-4,8-9,14-15H,2,5-7,10-11H2,1H3. The van der Waals surface area contributed by atoms with Gasteiger partial charge in [-0.1, -0.05) is 31.5 Å². The minimum Gasteiger partial charge on any atom is -0.396 e. The van der Waals surface area contributed by atoms with E-state index in [2.05, 4.69) is 11.6 Å². The van der Waals surface area contributed by atoms with E-state index in [1.54, 1.807) is 6.07 Å². The van der Waals surface area contributed by atoms with Gasteiger partial charge in [-0.15, -0.1) is 0 Å². The van der Waals surface area contributed by atoms with Gasteiger partial charge in [-0.25, -0.2) is 8.42 Å². The van der Waals surface area contributed by atoms with Crippen LogP contribution in [0, 0.1) is 0 Å². The van der Waals surface area contributed by atoms with Gasteiger partial charge in [0.1, 0.15) is 0 Å². The normalized spacial score (nSPS) is 11.4. The van der Waals surface area contributed by atoms with E-state index in [0.717, 1.165) is 18.4 Å². The summed E-state index contributed by atoms with van der Waals surface area (Å²) in [6, 6.07) is 7.46. The highest BCUT2D eigenvalue weighted by molar-refractivity contribution is 7.92. The Morgan fingerprint density at radius 1 is 1.22 bits per heavy atom. The van der Waals surface area contributed by atoms with Crippen molar-refractivity contribution in [2.75, 3.05) is 17.1 Å². The first-order chi connectivity index (χ1) is 8.59. The van der Waals surface area contributed by atoms with Crippen LogP contribution in [0.3, 0.4) is 0 Å². The lowest BCUT2D eigenvalue weighted by atomic mass is 10.1. The van der Waals surface area contributed by atoms with Gasteiger partial charge in [-0.2, -0.15) is 0 Å². The van der Waals surface area contributed by atoms with Gasteiger partial charge in [0.05, 0.1) is 11.4 Å². The molecular formula is C13H21NO3S. The number of aliphatic hydroxyl groups excluding tert-OH is 1. The van der Waals surface area contributed by atoms with Crippen LogP contribution >= 0.6 is 0 Å². The number of rotatable bonds is 8. The van der Waals surface area contributed by atoms with E-state index in [1.165, 1.54) is 0 Å². The minimum atomic E-state index is -3.31. The topological polar surface area (TPSA) is 66.4 Å². The number of aryl methyl sites for hydroxylation is 1. The first-order valence-electron chi connectivity index (χ1n) is 6.28. The van der Waals surface area contributed by atoms with Crippen molar-refractivity contribution in [3.8, 4) is 0 Å². The van der Waals surface area contributed by atoms with Crippen LogP contribution in [0.25, 0.3) is 0 Å². The highest BCUT2D eigenvalue weighted by atomic mass is 32.2. The maximum atomic E-state index is 11.8. The summed E-state index contributed by atoms with van der Waals surface area (Å²) in [4.78, 5) is 0. The summed E-state index contributed by atoms with van der Waals surface area (Å²) < 4.78 is 26.3. The summed E-state index contributed by atoms with van der Waals surface area (Å²) in [5, 5.41) is 8.65. The quantitative estimate of drug-likeness (QED) is 0.712. The Balaban J connectivity index is 2.71. The van der Waals surface area contributed by atoms with E-state index in [0.29, 0.717) is 18.5 Å². The maximum absolute atomic E-state index is 11.8. The maximum Gasteiger partial charge on any atom is 0.232 e. The molecule has 0 saturated carbocycles. The van der Waals surface area contributed by atoms with Gasteiger partial charge in [0.15, 0.2) is 0 Å². The van der Waals surface area contributed by atoms with Crippen LogP contribution in [0.4, 0.5) is 5.69 Å². The zero-order valence-electron chi connectivity index (χ0n) is 10.7. The summed E-state index contributed by atoms with van der Waals surface area (Å²) in [5.74, 6) is 0.0496. The average molecular weight is 271 g/mol. The smallest absolute Gasteiger partial charge is 0.232 e. The number of para-hydroxylation sites is 1. The predicted octanol–water partition coefficient (Wildman–Crippen LogP) is 2.15. The number of aliphatic hydroxyl groups is 1. The molecule has 1 aromatic rings. The zero-order chi connectivity index (χ0) is 13.4. The van der Waals surface area contributed by atoms with Gasteiger partial charge in [0.2, 0.25) is 10.0 Å². The monoisotopic (exact) mass is 271 g/mol. The summed E-state index contributed by atoms with van der Waals surface area (Å²) in [6.45, 7) is 2.09. The third kappa shape index (κ3) is 5.06. The molecule has 0 aliphatic carbocycles. The van der Waals surface area contributed by atoms with Crippen LogP contribution in [-0.4, -0.2) is 25.9 Å². The highest BCUT2D eigenvalue weighted by Gasteiger charge is 2.11. The molecule has 0 aliphatic heterocycles. The van der Waals surface area contributed by atoms with Gasteiger partial charge >= 0.3 is 0 Å². The largest absolute Gasteiger partial charge is 0.396 e. The summed E-state index contributed by atoms with van der Waals surface area (Å²) >= 11 is 0. The molecule has 18 heavy (non-hydrogen) atoms. The van der Waals surface area contributed by atoms with Gasteiger partial charge in [-0.3, -0.25) is 4.72 Å². The predicted molar refractivity (Wildman–Crippen MR) is 74.2 cm³/mol. The summed E-state index contributed by atoms with van der Waals surface area (Å²) in [6.07, 6.45) is 2.82. The van der Waals surface area contributed by atoms with Crippen LogP contribution in [0.2, 0.25) is 0 Å². The Labute approximate surface area is 109 Å². The van der Waals surface area contributed by atoms with Crippen molar-refractivity contribution in [2.45, 2.75) is 32.6 Å². The van der Waals surface area contributed by atoms with Crippen LogP contribution in [0.15, 0.2) is 24.3 Å². The SMILES string of the molecule is CCCc1ccccc1NS(=O)(=O)CCCCO. The van der Waals surface area contributed by atoms with Gasteiger partial charge in [0, 0.05) is 6.61 Å². The molecule has 1 rings (SSSR count). The summed E-state index contributed by atoms with van der Waals surface area (Å²) in [5.41, 5.74) is 1.69. The van der Waals surface area contributed by atoms with Crippen LogP contribution < -0.4 is 4.72 Å². The molecule has 0 aliphatic rings. The Bertz CT molecular complexity index is 457. The molecule has 2 N–H and O–H groups in total. The van der Waals surface area contributed by atoms with Crippen LogP contribution in [0.1, 0.15) is 31.7 Å². The molecule has 0 bridgehead atoms. The number of unbranched alkanes of at least 4 members (excludes halogenated alkanes) is 1. The van der Waals surface area contributed by atoms with E-state index in [4.69, 9.17) is 5.11 Å². The van der Waals surface area contributed by atoms with Crippen molar-refractivity contribution in [1.82, 2.24) is 0 Å². The van der Waals surface area contributed by atoms with Crippen molar-refractivity contribution >= 4 is 15.7 Å². The first kappa shape index (κ1) is 15.0. The molecule has 0 aromatic heterocycles. The Kier molecular flexibility index (Phi) is 6.15. The molecule has 0 unspecified atom stereocenters. The second-order valence-electron chi connectivity index (χ2n) is 4.26. The van der Waals surface area contributed by atoms with Gasteiger partial charge in [-0.05, 0) is 30.9 Å². The fourth-order valence-electron chi connectivity index (χ4n) is 1.73. The molecule has 5 heteroatoms. The highest BCUT2D eigenvalue weighted by Crippen LogP contribution is 2.18. The van der Waals surface area contributed by atoms with Crippen molar-refractivity contribution in [2.24, 2.45) is 0 Å². The Morgan fingerprint density at radius 2 is 1.94 bits per heavy atom. The molecule has 0 heterocycles. The molecule has 1 aromatic carbocycles. The molecular weight excluding hydrogens is 250 g/mol. The lowest BCUT2D eigenvalue weighted by Crippen LogP contribution is -2.17. The van der Waals surface area contributed by atoms with Gasteiger partial charge < -0.3 is 5.11 Å². The number of benzene rings is 1. The Morgan fingerprint density at radius 3 is 2.61 bits per heavy atom. The summed E-state index contributed by atoms with van der Waals surface area (Å²) in [7, 11) is -3.31. The van der Waals surface area contributed by atoms with E-state index >= 15 is 0 Å². The van der Waals surface area contributed by atoms with E-state index in [1.807, 2.05) is 18.2 Å². The average Bonchev–Trinajstić information content (AvgIpc) is 2.32. The number of sulfonamides is 1.